The largest absolute Gasteiger partial charge is 0.301 e. The van der Waals surface area contributed by atoms with E-state index in [9.17, 15) is 0 Å². The van der Waals surface area contributed by atoms with Gasteiger partial charge in [-0.15, -0.1) is 17.8 Å². The van der Waals surface area contributed by atoms with Crippen LogP contribution in [0.5, 0.6) is 0 Å². The SMILES string of the molecule is C#CCNCc1sc2ccccc2c1Cl. The van der Waals surface area contributed by atoms with Gasteiger partial charge in [-0.2, -0.15) is 0 Å². The van der Waals surface area contributed by atoms with Crippen molar-refractivity contribution < 1.29 is 0 Å². The van der Waals surface area contributed by atoms with Crippen molar-refractivity contribution in [1.29, 1.82) is 0 Å². The molecule has 0 fully saturated rings. The van der Waals surface area contributed by atoms with Crippen molar-refractivity contribution in [3.63, 3.8) is 0 Å². The molecule has 3 heteroatoms. The quantitative estimate of drug-likeness (QED) is 0.636. The van der Waals surface area contributed by atoms with E-state index in [0.717, 1.165) is 21.8 Å². The molecule has 0 bridgehead atoms. The van der Waals surface area contributed by atoms with Gasteiger partial charge in [-0.05, 0) is 6.07 Å². The molecular formula is C12H10ClNS. The molecule has 1 aromatic carbocycles. The number of nitrogens with one attached hydrogen (secondary N) is 1. The van der Waals surface area contributed by atoms with Crippen LogP contribution in [0.4, 0.5) is 0 Å². The summed E-state index contributed by atoms with van der Waals surface area (Å²) in [5, 5.41) is 5.12. The molecule has 0 unspecified atom stereocenters. The molecule has 0 aliphatic rings. The molecule has 0 saturated carbocycles. The van der Waals surface area contributed by atoms with E-state index in [1.54, 1.807) is 11.3 Å². The second kappa shape index (κ2) is 4.67. The number of rotatable bonds is 3. The smallest absolute Gasteiger partial charge is 0.0636 e. The zero-order chi connectivity index (χ0) is 10.7. The number of hydrogen-bond acceptors (Lipinski definition) is 2. The summed E-state index contributed by atoms with van der Waals surface area (Å²) in [6.45, 7) is 1.31. The Morgan fingerprint density at radius 3 is 2.93 bits per heavy atom. The van der Waals surface area contributed by atoms with Crippen LogP contribution in [0, 0.1) is 12.3 Å². The highest BCUT2D eigenvalue weighted by atomic mass is 35.5. The van der Waals surface area contributed by atoms with E-state index >= 15 is 0 Å². The maximum atomic E-state index is 6.25. The van der Waals surface area contributed by atoms with Crippen molar-refractivity contribution in [2.45, 2.75) is 6.54 Å². The van der Waals surface area contributed by atoms with Crippen molar-refractivity contribution in [3.05, 3.63) is 34.2 Å². The molecular weight excluding hydrogens is 226 g/mol. The van der Waals surface area contributed by atoms with Gasteiger partial charge in [0.2, 0.25) is 0 Å². The minimum atomic E-state index is 0.574. The Balaban J connectivity index is 2.29. The molecule has 1 aromatic heterocycles. The fourth-order valence-electron chi connectivity index (χ4n) is 1.43. The van der Waals surface area contributed by atoms with Gasteiger partial charge in [0, 0.05) is 21.5 Å². The summed E-state index contributed by atoms with van der Waals surface area (Å²) in [4.78, 5) is 1.15. The summed E-state index contributed by atoms with van der Waals surface area (Å²) in [7, 11) is 0. The van der Waals surface area contributed by atoms with Crippen LogP contribution in [0.1, 0.15) is 4.88 Å². The van der Waals surface area contributed by atoms with Gasteiger partial charge < -0.3 is 5.32 Å². The second-order valence-corrected chi connectivity index (χ2v) is 4.66. The van der Waals surface area contributed by atoms with Gasteiger partial charge in [0.15, 0.2) is 0 Å². The summed E-state index contributed by atoms with van der Waals surface area (Å²) in [5.74, 6) is 2.54. The molecule has 15 heavy (non-hydrogen) atoms. The Labute approximate surface area is 98.1 Å². The van der Waals surface area contributed by atoms with Crippen LogP contribution in [0.3, 0.4) is 0 Å². The first-order valence-electron chi connectivity index (χ1n) is 4.63. The highest BCUT2D eigenvalue weighted by molar-refractivity contribution is 7.19. The highest BCUT2D eigenvalue weighted by Gasteiger charge is 2.08. The van der Waals surface area contributed by atoms with Gasteiger partial charge in [-0.1, -0.05) is 35.7 Å². The molecule has 2 rings (SSSR count). The van der Waals surface area contributed by atoms with E-state index in [1.807, 2.05) is 18.2 Å². The molecule has 0 spiro atoms. The highest BCUT2D eigenvalue weighted by Crippen LogP contribution is 2.34. The molecule has 0 radical (unpaired) electrons. The molecule has 0 aliphatic carbocycles. The van der Waals surface area contributed by atoms with E-state index in [1.165, 1.54) is 4.70 Å². The van der Waals surface area contributed by atoms with Crippen molar-refractivity contribution in [1.82, 2.24) is 5.32 Å². The number of benzene rings is 1. The van der Waals surface area contributed by atoms with Gasteiger partial charge in [0.1, 0.15) is 0 Å². The van der Waals surface area contributed by atoms with E-state index in [-0.39, 0.29) is 0 Å². The molecule has 0 atom stereocenters. The molecule has 0 aliphatic heterocycles. The Morgan fingerprint density at radius 1 is 1.40 bits per heavy atom. The molecule has 76 valence electrons. The molecule has 1 nitrogen and oxygen atoms in total. The molecule has 0 saturated heterocycles. The first-order valence-corrected chi connectivity index (χ1v) is 5.82. The Morgan fingerprint density at radius 2 is 2.20 bits per heavy atom. The van der Waals surface area contributed by atoms with E-state index in [4.69, 9.17) is 18.0 Å². The lowest BCUT2D eigenvalue weighted by atomic mass is 10.2. The molecule has 1 N–H and O–H groups in total. The maximum absolute atomic E-state index is 6.25. The monoisotopic (exact) mass is 235 g/mol. The first kappa shape index (κ1) is 10.5. The minimum Gasteiger partial charge on any atom is -0.301 e. The predicted molar refractivity (Wildman–Crippen MR) is 67.4 cm³/mol. The molecule has 0 amide bonds. The van der Waals surface area contributed by atoms with Gasteiger partial charge in [-0.3, -0.25) is 0 Å². The molecule has 2 aromatic rings. The van der Waals surface area contributed by atoms with Crippen molar-refractivity contribution in [2.75, 3.05) is 6.54 Å². The van der Waals surface area contributed by atoms with E-state index < -0.39 is 0 Å². The van der Waals surface area contributed by atoms with Crippen molar-refractivity contribution in [2.24, 2.45) is 0 Å². The second-order valence-electron chi connectivity index (χ2n) is 3.14. The third-order valence-corrected chi connectivity index (χ3v) is 3.83. The lowest BCUT2D eigenvalue weighted by Gasteiger charge is -1.97. The Bertz CT molecular complexity index is 510. The third-order valence-electron chi connectivity index (χ3n) is 2.11. The van der Waals surface area contributed by atoms with Crippen LogP contribution < -0.4 is 5.32 Å². The lowest BCUT2D eigenvalue weighted by Crippen LogP contribution is -2.12. The number of fused-ring (bicyclic) bond motifs is 1. The normalized spacial score (nSPS) is 10.4. The fourth-order valence-corrected chi connectivity index (χ4v) is 2.90. The first-order chi connectivity index (χ1) is 7.33. The summed E-state index contributed by atoms with van der Waals surface area (Å²) >= 11 is 7.97. The lowest BCUT2D eigenvalue weighted by molar-refractivity contribution is 0.782. The van der Waals surface area contributed by atoms with Gasteiger partial charge in [0.05, 0.1) is 11.6 Å². The summed E-state index contributed by atoms with van der Waals surface area (Å²) in [6.07, 6.45) is 5.16. The number of terminal acetylenes is 1. The predicted octanol–water partition coefficient (Wildman–Crippen LogP) is 3.28. The van der Waals surface area contributed by atoms with Crippen LogP contribution in [-0.4, -0.2) is 6.54 Å². The Hall–Kier alpha value is -1.01. The van der Waals surface area contributed by atoms with Crippen molar-refractivity contribution >= 4 is 33.0 Å². The average Bonchev–Trinajstić information content (AvgIpc) is 2.57. The maximum Gasteiger partial charge on any atom is 0.0636 e. The van der Waals surface area contributed by atoms with Crippen LogP contribution >= 0.6 is 22.9 Å². The van der Waals surface area contributed by atoms with Gasteiger partial charge in [-0.25, -0.2) is 0 Å². The zero-order valence-electron chi connectivity index (χ0n) is 8.09. The third kappa shape index (κ3) is 2.15. The molecule has 1 heterocycles. The zero-order valence-corrected chi connectivity index (χ0v) is 9.66. The number of halogens is 1. The Kier molecular flexibility index (Phi) is 3.27. The average molecular weight is 236 g/mol. The summed E-state index contributed by atoms with van der Waals surface area (Å²) < 4.78 is 1.22. The number of thiophene rings is 1. The standard InChI is InChI=1S/C12H10ClNS/c1-2-7-14-8-11-12(13)9-5-3-4-6-10(9)15-11/h1,3-6,14H,7-8H2. The summed E-state index contributed by atoms with van der Waals surface area (Å²) in [5.41, 5.74) is 0. The van der Waals surface area contributed by atoms with Gasteiger partial charge >= 0.3 is 0 Å². The number of hydrogen-bond donors (Lipinski definition) is 1. The van der Waals surface area contributed by atoms with Crippen LogP contribution in [-0.2, 0) is 6.54 Å². The fraction of sp³-hybridized carbons (Fsp3) is 0.167. The van der Waals surface area contributed by atoms with Gasteiger partial charge in [0.25, 0.3) is 0 Å². The van der Waals surface area contributed by atoms with E-state index in [2.05, 4.69) is 17.3 Å². The van der Waals surface area contributed by atoms with Crippen molar-refractivity contribution in [3.8, 4) is 12.3 Å². The van der Waals surface area contributed by atoms with E-state index in [0.29, 0.717) is 6.54 Å². The summed E-state index contributed by atoms with van der Waals surface area (Å²) in [6, 6.07) is 8.14. The van der Waals surface area contributed by atoms with Crippen LogP contribution in [0.25, 0.3) is 10.1 Å². The minimum absolute atomic E-state index is 0.574. The van der Waals surface area contributed by atoms with Crippen LogP contribution in [0.2, 0.25) is 5.02 Å². The topological polar surface area (TPSA) is 12.0 Å². The van der Waals surface area contributed by atoms with Crippen LogP contribution in [0.15, 0.2) is 24.3 Å².